The van der Waals surface area contributed by atoms with Crippen molar-refractivity contribution in [1.29, 1.82) is 0 Å². The van der Waals surface area contributed by atoms with Crippen LogP contribution in [0.25, 0.3) is 5.69 Å². The highest BCUT2D eigenvalue weighted by Gasteiger charge is 2.21. The number of aryl methyl sites for hydroxylation is 1. The first-order valence-corrected chi connectivity index (χ1v) is 6.34. The van der Waals surface area contributed by atoms with Gasteiger partial charge in [-0.05, 0) is 18.6 Å². The molecule has 0 aliphatic heterocycles. The second-order valence-corrected chi connectivity index (χ2v) is 5.74. The second kappa shape index (κ2) is 4.61. The van der Waals surface area contributed by atoms with Crippen molar-refractivity contribution in [1.82, 2.24) is 9.78 Å². The van der Waals surface area contributed by atoms with E-state index in [1.54, 1.807) is 11.8 Å². The molecule has 0 saturated heterocycles. The van der Waals surface area contributed by atoms with Crippen molar-refractivity contribution in [2.45, 2.75) is 33.1 Å². The van der Waals surface area contributed by atoms with E-state index in [4.69, 9.17) is 10.5 Å². The molecule has 0 radical (unpaired) electrons. The van der Waals surface area contributed by atoms with E-state index in [-0.39, 0.29) is 5.41 Å². The van der Waals surface area contributed by atoms with Gasteiger partial charge in [0.2, 0.25) is 0 Å². The average Bonchev–Trinajstić information content (AvgIpc) is 2.70. The first kappa shape index (κ1) is 13.5. The summed E-state index contributed by atoms with van der Waals surface area (Å²) in [5.41, 5.74) is 9.02. The number of aromatic nitrogens is 2. The Morgan fingerprint density at radius 3 is 2.47 bits per heavy atom. The van der Waals surface area contributed by atoms with Crippen molar-refractivity contribution < 1.29 is 4.74 Å². The highest BCUT2D eigenvalue weighted by atomic mass is 16.5. The monoisotopic (exact) mass is 259 g/mol. The third-order valence-electron chi connectivity index (χ3n) is 3.14. The molecule has 0 atom stereocenters. The second-order valence-electron chi connectivity index (χ2n) is 5.74. The molecule has 0 amide bonds. The lowest BCUT2D eigenvalue weighted by Crippen LogP contribution is -2.13. The van der Waals surface area contributed by atoms with Crippen LogP contribution in [0.15, 0.2) is 24.3 Å². The third kappa shape index (κ3) is 2.43. The van der Waals surface area contributed by atoms with Crippen molar-refractivity contribution in [2.24, 2.45) is 0 Å². The van der Waals surface area contributed by atoms with Crippen LogP contribution in [0.3, 0.4) is 0 Å². The summed E-state index contributed by atoms with van der Waals surface area (Å²) >= 11 is 0. The maximum absolute atomic E-state index is 6.11. The number of anilines is 1. The summed E-state index contributed by atoms with van der Waals surface area (Å²) in [4.78, 5) is 0. The van der Waals surface area contributed by atoms with E-state index in [1.165, 1.54) is 0 Å². The molecule has 0 unspecified atom stereocenters. The van der Waals surface area contributed by atoms with Crippen LogP contribution in [0.1, 0.15) is 32.0 Å². The molecule has 0 spiro atoms. The van der Waals surface area contributed by atoms with Gasteiger partial charge in [0.25, 0.3) is 0 Å². The van der Waals surface area contributed by atoms with Crippen molar-refractivity contribution in [2.75, 3.05) is 12.8 Å². The fraction of sp³-hybridized carbons (Fsp3) is 0.400. The first-order valence-electron chi connectivity index (χ1n) is 6.34. The molecule has 0 saturated carbocycles. The Labute approximate surface area is 114 Å². The molecule has 0 aliphatic rings. The first-order chi connectivity index (χ1) is 8.84. The van der Waals surface area contributed by atoms with Crippen molar-refractivity contribution in [3.05, 3.63) is 35.5 Å². The summed E-state index contributed by atoms with van der Waals surface area (Å²) < 4.78 is 7.17. The number of methoxy groups -OCH3 is 1. The van der Waals surface area contributed by atoms with E-state index in [0.717, 1.165) is 22.7 Å². The zero-order valence-corrected chi connectivity index (χ0v) is 12.2. The largest absolute Gasteiger partial charge is 0.494 e. The predicted octanol–water partition coefficient (Wildman–Crippen LogP) is 3.07. The SMILES string of the molecule is COc1cccc(C)c1-n1nc(C(C)(C)C)cc1N. The van der Waals surface area contributed by atoms with Crippen LogP contribution in [-0.2, 0) is 5.41 Å². The van der Waals surface area contributed by atoms with Crippen molar-refractivity contribution >= 4 is 5.82 Å². The molecule has 1 heterocycles. The number of nitrogens with two attached hydrogens (primary N) is 1. The lowest BCUT2D eigenvalue weighted by molar-refractivity contribution is 0.411. The Bertz CT molecular complexity index is 594. The van der Waals surface area contributed by atoms with E-state index < -0.39 is 0 Å². The van der Waals surface area contributed by atoms with Gasteiger partial charge in [0.15, 0.2) is 0 Å². The molecule has 2 rings (SSSR count). The lowest BCUT2D eigenvalue weighted by Gasteiger charge is -2.15. The van der Waals surface area contributed by atoms with Gasteiger partial charge >= 0.3 is 0 Å². The van der Waals surface area contributed by atoms with Crippen molar-refractivity contribution in [3.8, 4) is 11.4 Å². The molecule has 102 valence electrons. The summed E-state index contributed by atoms with van der Waals surface area (Å²) in [6.45, 7) is 8.38. The number of nitrogens with zero attached hydrogens (tertiary/aromatic N) is 2. The fourth-order valence-corrected chi connectivity index (χ4v) is 2.01. The standard InChI is InChI=1S/C15H21N3O/c1-10-7-6-8-11(19-5)14(10)18-13(16)9-12(17-18)15(2,3)4/h6-9H,16H2,1-5H3. The minimum absolute atomic E-state index is 0.0325. The lowest BCUT2D eigenvalue weighted by atomic mass is 9.92. The molecule has 0 aliphatic carbocycles. The molecular weight excluding hydrogens is 238 g/mol. The zero-order chi connectivity index (χ0) is 14.2. The fourth-order valence-electron chi connectivity index (χ4n) is 2.01. The summed E-state index contributed by atoms with van der Waals surface area (Å²) in [5.74, 6) is 1.40. The number of ether oxygens (including phenoxy) is 1. The van der Waals surface area contributed by atoms with Gasteiger partial charge in [-0.15, -0.1) is 0 Å². The van der Waals surface area contributed by atoms with Crippen LogP contribution in [0, 0.1) is 6.92 Å². The minimum Gasteiger partial charge on any atom is -0.494 e. The molecule has 0 bridgehead atoms. The molecule has 4 nitrogen and oxygen atoms in total. The van der Waals surface area contributed by atoms with Crippen LogP contribution in [-0.4, -0.2) is 16.9 Å². The maximum atomic E-state index is 6.11. The van der Waals surface area contributed by atoms with Crippen LogP contribution in [0.4, 0.5) is 5.82 Å². The van der Waals surface area contributed by atoms with Gasteiger partial charge < -0.3 is 10.5 Å². The molecular formula is C15H21N3O. The molecule has 0 fully saturated rings. The van der Waals surface area contributed by atoms with Crippen LogP contribution in [0.5, 0.6) is 5.75 Å². The summed E-state index contributed by atoms with van der Waals surface area (Å²) in [7, 11) is 1.66. The van der Waals surface area contributed by atoms with Crippen LogP contribution in [0.2, 0.25) is 0 Å². The topological polar surface area (TPSA) is 53.1 Å². The number of para-hydroxylation sites is 1. The van der Waals surface area contributed by atoms with Crippen molar-refractivity contribution in [3.63, 3.8) is 0 Å². The van der Waals surface area contributed by atoms with E-state index in [2.05, 4.69) is 25.9 Å². The van der Waals surface area contributed by atoms with E-state index in [1.807, 2.05) is 31.2 Å². The zero-order valence-electron chi connectivity index (χ0n) is 12.2. The Hall–Kier alpha value is -1.97. The Balaban J connectivity index is 2.63. The summed E-state index contributed by atoms with van der Waals surface area (Å²) in [6, 6.07) is 7.82. The van der Waals surface area contributed by atoms with Gasteiger partial charge in [-0.2, -0.15) is 5.10 Å². The molecule has 19 heavy (non-hydrogen) atoms. The van der Waals surface area contributed by atoms with Gasteiger partial charge in [0, 0.05) is 11.5 Å². The summed E-state index contributed by atoms with van der Waals surface area (Å²) in [6.07, 6.45) is 0. The minimum atomic E-state index is -0.0325. The van der Waals surface area contributed by atoms with E-state index >= 15 is 0 Å². The van der Waals surface area contributed by atoms with Gasteiger partial charge in [-0.25, -0.2) is 4.68 Å². The summed E-state index contributed by atoms with van der Waals surface area (Å²) in [5, 5.41) is 4.63. The van der Waals surface area contributed by atoms with Gasteiger partial charge in [-0.3, -0.25) is 0 Å². The molecule has 4 heteroatoms. The number of rotatable bonds is 2. The highest BCUT2D eigenvalue weighted by Crippen LogP contribution is 2.30. The molecule has 2 aromatic rings. The quantitative estimate of drug-likeness (QED) is 0.901. The maximum Gasteiger partial charge on any atom is 0.144 e. The van der Waals surface area contributed by atoms with Gasteiger partial charge in [0.1, 0.15) is 17.3 Å². The van der Waals surface area contributed by atoms with Gasteiger partial charge in [-0.1, -0.05) is 32.9 Å². The molecule has 1 aromatic heterocycles. The molecule has 1 aromatic carbocycles. The Morgan fingerprint density at radius 2 is 1.95 bits per heavy atom. The van der Waals surface area contributed by atoms with Crippen LogP contribution >= 0.6 is 0 Å². The number of nitrogen functional groups attached to an aromatic ring is 1. The number of hydrogen-bond donors (Lipinski definition) is 1. The van der Waals surface area contributed by atoms with E-state index in [0.29, 0.717) is 5.82 Å². The number of hydrogen-bond acceptors (Lipinski definition) is 3. The van der Waals surface area contributed by atoms with Gasteiger partial charge in [0.05, 0.1) is 12.8 Å². The predicted molar refractivity (Wildman–Crippen MR) is 78.0 cm³/mol. The highest BCUT2D eigenvalue weighted by molar-refractivity contribution is 5.56. The Morgan fingerprint density at radius 1 is 1.26 bits per heavy atom. The third-order valence-corrected chi connectivity index (χ3v) is 3.14. The smallest absolute Gasteiger partial charge is 0.144 e. The Kier molecular flexibility index (Phi) is 3.27. The normalized spacial score (nSPS) is 11.6. The average molecular weight is 259 g/mol. The molecule has 2 N–H and O–H groups in total. The van der Waals surface area contributed by atoms with E-state index in [9.17, 15) is 0 Å². The van der Waals surface area contributed by atoms with Crippen LogP contribution < -0.4 is 10.5 Å². The number of benzene rings is 1.